The molecule has 0 spiro atoms. The molecule has 0 bridgehead atoms. The van der Waals surface area contributed by atoms with Crippen molar-refractivity contribution in [3.8, 4) is 0 Å². The van der Waals surface area contributed by atoms with Crippen LogP contribution in [0.3, 0.4) is 0 Å². The summed E-state index contributed by atoms with van der Waals surface area (Å²) in [6.45, 7) is 3.27. The van der Waals surface area contributed by atoms with Crippen LogP contribution in [-0.4, -0.2) is 67.5 Å². The smallest absolute Gasteiger partial charge is 0.352 e. The standard InChI is InChI=1S/C18H27F3N4S.HI/c1-4-22-17(23-15-9-10-25(12-15)13-18(19,20)21)24(2)11-14-5-7-16(26-3)8-6-14;/h5-8,15H,4,9-13H2,1-3H3,(H,22,23);1H. The first-order valence-corrected chi connectivity index (χ1v) is 9.97. The fourth-order valence-electron chi connectivity index (χ4n) is 3.04. The maximum atomic E-state index is 12.5. The Kier molecular flexibility index (Phi) is 10.2. The van der Waals surface area contributed by atoms with Crippen molar-refractivity contribution in [2.24, 2.45) is 4.99 Å². The maximum Gasteiger partial charge on any atom is 0.401 e. The van der Waals surface area contributed by atoms with Gasteiger partial charge in [-0.05, 0) is 37.3 Å². The lowest BCUT2D eigenvalue weighted by molar-refractivity contribution is -0.143. The van der Waals surface area contributed by atoms with E-state index >= 15 is 0 Å². The summed E-state index contributed by atoms with van der Waals surface area (Å²) in [5.41, 5.74) is 1.17. The number of halogens is 4. The molecule has 1 aromatic carbocycles. The van der Waals surface area contributed by atoms with Crippen molar-refractivity contribution >= 4 is 41.7 Å². The molecule has 1 saturated heterocycles. The van der Waals surface area contributed by atoms with E-state index in [1.807, 2.05) is 25.1 Å². The SMILES string of the molecule is CCN=C(NC1CCN(CC(F)(F)F)C1)N(C)Cc1ccc(SC)cc1.I. The molecular formula is C18H28F3IN4S. The molecule has 1 N–H and O–H groups in total. The number of alkyl halides is 3. The predicted molar refractivity (Wildman–Crippen MR) is 117 cm³/mol. The summed E-state index contributed by atoms with van der Waals surface area (Å²) in [7, 11) is 1.95. The zero-order valence-corrected chi connectivity index (χ0v) is 19.1. The van der Waals surface area contributed by atoms with Gasteiger partial charge in [0.2, 0.25) is 0 Å². The summed E-state index contributed by atoms with van der Waals surface area (Å²) in [5.74, 6) is 0.736. The van der Waals surface area contributed by atoms with Gasteiger partial charge in [-0.2, -0.15) is 13.2 Å². The monoisotopic (exact) mass is 516 g/mol. The Bertz CT molecular complexity index is 595. The van der Waals surface area contributed by atoms with Crippen molar-refractivity contribution in [1.29, 1.82) is 0 Å². The van der Waals surface area contributed by atoms with E-state index in [9.17, 15) is 13.2 Å². The Morgan fingerprint density at radius 1 is 1.33 bits per heavy atom. The van der Waals surface area contributed by atoms with Crippen molar-refractivity contribution in [2.75, 3.05) is 39.5 Å². The molecule has 0 aliphatic carbocycles. The minimum atomic E-state index is -4.14. The molecule has 154 valence electrons. The first-order chi connectivity index (χ1) is 12.3. The molecule has 0 radical (unpaired) electrons. The highest BCUT2D eigenvalue weighted by Gasteiger charge is 2.34. The van der Waals surface area contributed by atoms with Crippen molar-refractivity contribution in [1.82, 2.24) is 15.1 Å². The second-order valence-corrected chi connectivity index (χ2v) is 7.36. The molecule has 1 atom stereocenters. The summed E-state index contributed by atoms with van der Waals surface area (Å²) in [6, 6.07) is 8.34. The lowest BCUT2D eigenvalue weighted by Gasteiger charge is -2.26. The Hall–Kier alpha value is -0.680. The third kappa shape index (κ3) is 8.47. The number of likely N-dealkylation sites (tertiary alicyclic amines) is 1. The molecule has 1 heterocycles. The van der Waals surface area contributed by atoms with E-state index in [4.69, 9.17) is 0 Å². The van der Waals surface area contributed by atoms with Gasteiger partial charge in [0.15, 0.2) is 5.96 Å². The summed E-state index contributed by atoms with van der Waals surface area (Å²) in [6.07, 6.45) is -1.41. The molecular weight excluding hydrogens is 488 g/mol. The zero-order chi connectivity index (χ0) is 19.2. The van der Waals surface area contributed by atoms with E-state index in [2.05, 4.69) is 34.6 Å². The highest BCUT2D eigenvalue weighted by molar-refractivity contribution is 14.0. The fraction of sp³-hybridized carbons (Fsp3) is 0.611. The molecule has 1 aliphatic heterocycles. The quantitative estimate of drug-likeness (QED) is 0.268. The highest BCUT2D eigenvalue weighted by atomic mass is 127. The molecule has 2 rings (SSSR count). The number of aliphatic imine (C=N–C) groups is 1. The fourth-order valence-corrected chi connectivity index (χ4v) is 3.44. The van der Waals surface area contributed by atoms with Crippen LogP contribution in [0.5, 0.6) is 0 Å². The first-order valence-electron chi connectivity index (χ1n) is 8.75. The van der Waals surface area contributed by atoms with Crippen LogP contribution < -0.4 is 5.32 Å². The average Bonchev–Trinajstić information content (AvgIpc) is 3.00. The lowest BCUT2D eigenvalue weighted by atomic mass is 10.2. The number of thioether (sulfide) groups is 1. The summed E-state index contributed by atoms with van der Waals surface area (Å²) < 4.78 is 37.6. The molecule has 4 nitrogen and oxygen atoms in total. The molecule has 0 saturated carbocycles. The lowest BCUT2D eigenvalue weighted by Crippen LogP contribution is -2.45. The van der Waals surface area contributed by atoms with Crippen LogP contribution in [-0.2, 0) is 6.54 Å². The summed E-state index contributed by atoms with van der Waals surface area (Å²) in [5, 5.41) is 3.34. The normalized spacial score (nSPS) is 18.3. The highest BCUT2D eigenvalue weighted by Crippen LogP contribution is 2.20. The van der Waals surface area contributed by atoms with Gasteiger partial charge in [0.1, 0.15) is 0 Å². The molecule has 1 unspecified atom stereocenters. The van der Waals surface area contributed by atoms with Gasteiger partial charge in [0.25, 0.3) is 0 Å². The largest absolute Gasteiger partial charge is 0.401 e. The topological polar surface area (TPSA) is 30.9 Å². The Labute approximate surface area is 181 Å². The Morgan fingerprint density at radius 3 is 2.56 bits per heavy atom. The molecule has 0 aromatic heterocycles. The van der Waals surface area contributed by atoms with E-state index in [-0.39, 0.29) is 30.0 Å². The van der Waals surface area contributed by atoms with Gasteiger partial charge in [-0.25, -0.2) is 0 Å². The predicted octanol–water partition coefficient (Wildman–Crippen LogP) is 4.06. The number of guanidine groups is 1. The number of benzene rings is 1. The number of nitrogens with zero attached hydrogens (tertiary/aromatic N) is 3. The van der Waals surface area contributed by atoms with Crippen molar-refractivity contribution < 1.29 is 13.2 Å². The van der Waals surface area contributed by atoms with Gasteiger partial charge in [-0.1, -0.05) is 12.1 Å². The van der Waals surface area contributed by atoms with Crippen molar-refractivity contribution in [3.63, 3.8) is 0 Å². The Morgan fingerprint density at radius 2 is 2.00 bits per heavy atom. The second-order valence-electron chi connectivity index (χ2n) is 6.48. The number of rotatable bonds is 6. The summed E-state index contributed by atoms with van der Waals surface area (Å²) in [4.78, 5) is 9.18. The molecule has 1 aromatic rings. The van der Waals surface area contributed by atoms with Crippen LogP contribution in [0, 0.1) is 0 Å². The van der Waals surface area contributed by atoms with Gasteiger partial charge in [0, 0.05) is 44.2 Å². The van der Waals surface area contributed by atoms with Crippen LogP contribution in [0.4, 0.5) is 13.2 Å². The zero-order valence-electron chi connectivity index (χ0n) is 15.9. The van der Waals surface area contributed by atoms with E-state index in [1.165, 1.54) is 15.4 Å². The molecule has 1 aliphatic rings. The van der Waals surface area contributed by atoms with Crippen molar-refractivity contribution in [2.45, 2.75) is 37.0 Å². The van der Waals surface area contributed by atoms with E-state index in [1.54, 1.807) is 11.8 Å². The number of nitrogens with one attached hydrogen (secondary N) is 1. The maximum absolute atomic E-state index is 12.5. The van der Waals surface area contributed by atoms with Crippen LogP contribution in [0.15, 0.2) is 34.2 Å². The van der Waals surface area contributed by atoms with Crippen LogP contribution in [0.2, 0.25) is 0 Å². The van der Waals surface area contributed by atoms with Crippen molar-refractivity contribution in [3.05, 3.63) is 29.8 Å². The van der Waals surface area contributed by atoms with Gasteiger partial charge in [-0.3, -0.25) is 9.89 Å². The van der Waals surface area contributed by atoms with Crippen LogP contribution in [0.1, 0.15) is 18.9 Å². The minimum absolute atomic E-state index is 0. The second kappa shape index (κ2) is 11.4. The molecule has 27 heavy (non-hydrogen) atoms. The average molecular weight is 516 g/mol. The number of hydrogen-bond donors (Lipinski definition) is 1. The van der Waals surface area contributed by atoms with Gasteiger partial charge in [-0.15, -0.1) is 35.7 Å². The van der Waals surface area contributed by atoms with E-state index in [0.717, 1.165) is 5.96 Å². The molecule has 9 heteroatoms. The van der Waals surface area contributed by atoms with E-state index in [0.29, 0.717) is 32.6 Å². The van der Waals surface area contributed by atoms with Crippen LogP contribution in [0.25, 0.3) is 0 Å². The minimum Gasteiger partial charge on any atom is -0.352 e. The van der Waals surface area contributed by atoms with E-state index < -0.39 is 12.7 Å². The molecule has 0 amide bonds. The van der Waals surface area contributed by atoms with Gasteiger partial charge in [0.05, 0.1) is 6.54 Å². The molecule has 1 fully saturated rings. The van der Waals surface area contributed by atoms with Crippen LogP contribution >= 0.6 is 35.7 Å². The third-order valence-electron chi connectivity index (χ3n) is 4.26. The summed E-state index contributed by atoms with van der Waals surface area (Å²) >= 11 is 1.70. The Balaban J connectivity index is 0.00000364. The van der Waals surface area contributed by atoms with Gasteiger partial charge >= 0.3 is 6.18 Å². The third-order valence-corrected chi connectivity index (χ3v) is 5.00. The first kappa shape index (κ1) is 24.4. The van der Waals surface area contributed by atoms with Gasteiger partial charge < -0.3 is 10.2 Å². The number of hydrogen-bond acceptors (Lipinski definition) is 3.